The molecular weight excluding hydrogens is 458 g/mol. The lowest BCUT2D eigenvalue weighted by Gasteiger charge is -2.16. The second kappa shape index (κ2) is 7.87. The first-order valence-corrected chi connectivity index (χ1v) is 11.7. The largest absolute Gasteiger partial charge is 0.345 e. The lowest BCUT2D eigenvalue weighted by Crippen LogP contribution is -2.29. The zero-order chi connectivity index (χ0) is 23.6. The number of nitrogens with zero attached hydrogens (tertiary/aromatic N) is 3. The van der Waals surface area contributed by atoms with Crippen molar-refractivity contribution in [3.8, 4) is 11.1 Å². The first-order valence-electron chi connectivity index (χ1n) is 11.3. The molecule has 4 aromatic rings. The van der Waals surface area contributed by atoms with Crippen molar-refractivity contribution in [1.82, 2.24) is 19.9 Å². The Morgan fingerprint density at radius 1 is 1.12 bits per heavy atom. The number of carbonyl (C=O) groups excluding carboxylic acids is 1. The Labute approximate surface area is 199 Å². The summed E-state index contributed by atoms with van der Waals surface area (Å²) in [6.45, 7) is 1.68. The zero-order valence-electron chi connectivity index (χ0n) is 18.4. The molecule has 0 radical (unpaired) electrons. The zero-order valence-corrected chi connectivity index (χ0v) is 19.2. The summed E-state index contributed by atoms with van der Waals surface area (Å²) >= 11 is 5.94. The van der Waals surface area contributed by atoms with E-state index in [1.54, 1.807) is 11.4 Å². The first kappa shape index (κ1) is 21.2. The number of rotatable bonds is 4. The molecule has 2 aliphatic carbocycles. The van der Waals surface area contributed by atoms with Gasteiger partial charge in [0.25, 0.3) is 5.91 Å². The first-order chi connectivity index (χ1) is 16.4. The van der Waals surface area contributed by atoms with Crippen molar-refractivity contribution in [3.63, 3.8) is 0 Å². The van der Waals surface area contributed by atoms with Gasteiger partial charge >= 0.3 is 0 Å². The van der Waals surface area contributed by atoms with E-state index in [9.17, 15) is 13.6 Å². The van der Waals surface area contributed by atoms with Gasteiger partial charge in [-0.25, -0.2) is 18.3 Å². The summed E-state index contributed by atoms with van der Waals surface area (Å²) in [5.74, 6) is -1.66. The molecule has 34 heavy (non-hydrogen) atoms. The molecule has 2 heterocycles. The number of fused-ring (bicyclic) bond motifs is 2. The number of hydrogen-bond acceptors (Lipinski definition) is 3. The van der Waals surface area contributed by atoms with Crippen molar-refractivity contribution in [1.29, 1.82) is 0 Å². The number of carbonyl (C=O) groups is 1. The Kier molecular flexibility index (Phi) is 4.92. The van der Waals surface area contributed by atoms with Gasteiger partial charge in [0.2, 0.25) is 0 Å². The van der Waals surface area contributed by atoms with Crippen molar-refractivity contribution >= 4 is 23.2 Å². The van der Waals surface area contributed by atoms with Crippen LogP contribution in [-0.4, -0.2) is 20.5 Å². The van der Waals surface area contributed by atoms with Crippen molar-refractivity contribution in [2.45, 2.75) is 44.6 Å². The van der Waals surface area contributed by atoms with Crippen molar-refractivity contribution in [2.24, 2.45) is 0 Å². The van der Waals surface area contributed by atoms with Crippen LogP contribution in [0.25, 0.3) is 16.8 Å². The van der Waals surface area contributed by atoms with Crippen LogP contribution in [0.5, 0.6) is 0 Å². The fourth-order valence-corrected chi connectivity index (χ4v) is 5.18. The van der Waals surface area contributed by atoms with Gasteiger partial charge in [-0.1, -0.05) is 35.9 Å². The molecule has 0 saturated heterocycles. The minimum Gasteiger partial charge on any atom is -0.345 e. The Morgan fingerprint density at radius 2 is 1.91 bits per heavy atom. The van der Waals surface area contributed by atoms with E-state index in [0.29, 0.717) is 16.9 Å². The van der Waals surface area contributed by atoms with Gasteiger partial charge < -0.3 is 5.32 Å². The minimum absolute atomic E-state index is 0.0592. The highest BCUT2D eigenvalue weighted by molar-refractivity contribution is 6.31. The van der Waals surface area contributed by atoms with Gasteiger partial charge in [0, 0.05) is 12.1 Å². The summed E-state index contributed by atoms with van der Waals surface area (Å²) in [5, 5.41) is 7.56. The van der Waals surface area contributed by atoms with E-state index < -0.39 is 11.6 Å². The molecular formula is C26H21ClF2N4O. The normalized spacial score (nSPS) is 17.2. The van der Waals surface area contributed by atoms with E-state index in [1.165, 1.54) is 17.8 Å². The Hall–Kier alpha value is -3.32. The minimum atomic E-state index is -0.851. The number of halogens is 3. The van der Waals surface area contributed by atoms with Crippen LogP contribution in [0.1, 0.15) is 64.1 Å². The van der Waals surface area contributed by atoms with Crippen LogP contribution in [-0.2, 0) is 6.42 Å². The molecule has 2 aromatic heterocycles. The van der Waals surface area contributed by atoms with Gasteiger partial charge in [-0.3, -0.25) is 4.79 Å². The highest BCUT2D eigenvalue weighted by atomic mass is 35.5. The molecule has 0 unspecified atom stereocenters. The van der Waals surface area contributed by atoms with E-state index in [0.717, 1.165) is 43.0 Å². The Morgan fingerprint density at radius 3 is 2.71 bits per heavy atom. The fourth-order valence-electron chi connectivity index (χ4n) is 5.02. The highest BCUT2D eigenvalue weighted by Gasteiger charge is 2.34. The van der Waals surface area contributed by atoms with Gasteiger partial charge in [-0.15, -0.1) is 0 Å². The van der Waals surface area contributed by atoms with Gasteiger partial charge in [0.1, 0.15) is 5.82 Å². The molecule has 1 saturated carbocycles. The molecule has 2 aliphatic rings. The molecule has 1 N–H and O–H groups in total. The van der Waals surface area contributed by atoms with Crippen LogP contribution in [0.2, 0.25) is 5.02 Å². The van der Waals surface area contributed by atoms with Crippen LogP contribution in [0, 0.1) is 18.6 Å². The summed E-state index contributed by atoms with van der Waals surface area (Å²) in [7, 11) is 0. The molecule has 0 bridgehead atoms. The SMILES string of the molecule is Cc1nn2c(C3CC3)c(C(=O)N[C@H]3CCc4ccccc43)cnc2c1-c1c(F)ccc(Cl)c1F. The number of benzene rings is 2. The lowest BCUT2D eigenvalue weighted by molar-refractivity contribution is 0.0934. The maximum Gasteiger partial charge on any atom is 0.255 e. The Bertz CT molecular complexity index is 1480. The van der Waals surface area contributed by atoms with E-state index in [1.807, 2.05) is 18.2 Å². The molecule has 0 spiro atoms. The molecule has 1 fully saturated rings. The number of aryl methyl sites for hydroxylation is 2. The molecule has 0 aliphatic heterocycles. The van der Waals surface area contributed by atoms with E-state index in [4.69, 9.17) is 11.6 Å². The second-order valence-electron chi connectivity index (χ2n) is 9.01. The third kappa shape index (κ3) is 3.29. The van der Waals surface area contributed by atoms with Crippen molar-refractivity contribution in [2.75, 3.05) is 0 Å². The van der Waals surface area contributed by atoms with Crippen molar-refractivity contribution in [3.05, 3.63) is 87.3 Å². The molecule has 6 rings (SSSR count). The predicted octanol–water partition coefficient (Wildman–Crippen LogP) is 5.93. The molecule has 1 amide bonds. The summed E-state index contributed by atoms with van der Waals surface area (Å²) in [6, 6.07) is 10.4. The molecule has 8 heteroatoms. The third-order valence-electron chi connectivity index (χ3n) is 6.80. The molecule has 1 atom stereocenters. The monoisotopic (exact) mass is 478 g/mol. The van der Waals surface area contributed by atoms with Crippen molar-refractivity contribution < 1.29 is 13.6 Å². The summed E-state index contributed by atoms with van der Waals surface area (Å²) in [4.78, 5) is 17.9. The molecule has 2 aromatic carbocycles. The number of nitrogens with one attached hydrogen (secondary N) is 1. The third-order valence-corrected chi connectivity index (χ3v) is 7.09. The second-order valence-corrected chi connectivity index (χ2v) is 9.42. The van der Waals surface area contributed by atoms with Crippen LogP contribution in [0.15, 0.2) is 42.6 Å². The molecule has 172 valence electrons. The standard InChI is InChI=1S/C26H21ClF2N4O/c1-13-21(22-19(28)10-9-18(27)23(22)29)25-30-12-17(24(15-6-7-15)33(25)32-13)26(34)31-20-11-8-14-4-2-3-5-16(14)20/h2-5,9-10,12,15,20H,6-8,11H2,1H3,(H,31,34)/t20-/m0/s1. The number of aromatic nitrogens is 3. The lowest BCUT2D eigenvalue weighted by atomic mass is 10.0. The van der Waals surface area contributed by atoms with Gasteiger partial charge in [-0.05, 0) is 55.9 Å². The van der Waals surface area contributed by atoms with E-state index in [2.05, 4.69) is 21.5 Å². The summed E-state index contributed by atoms with van der Waals surface area (Å²) in [6.07, 6.45) is 5.11. The average molecular weight is 479 g/mol. The van der Waals surface area contributed by atoms with Gasteiger partial charge in [-0.2, -0.15) is 5.10 Å². The number of hydrogen-bond donors (Lipinski definition) is 1. The Balaban J connectivity index is 1.45. The fraction of sp³-hybridized carbons (Fsp3) is 0.269. The van der Waals surface area contributed by atoms with Crippen LogP contribution in [0.4, 0.5) is 8.78 Å². The molecule has 5 nitrogen and oxygen atoms in total. The number of amides is 1. The maximum absolute atomic E-state index is 14.9. The topological polar surface area (TPSA) is 59.3 Å². The summed E-state index contributed by atoms with van der Waals surface area (Å²) < 4.78 is 31.1. The van der Waals surface area contributed by atoms with Crippen LogP contribution in [0.3, 0.4) is 0 Å². The van der Waals surface area contributed by atoms with E-state index in [-0.39, 0.29) is 34.0 Å². The van der Waals surface area contributed by atoms with Gasteiger partial charge in [0.05, 0.1) is 39.1 Å². The van der Waals surface area contributed by atoms with Crippen LogP contribution >= 0.6 is 11.6 Å². The van der Waals surface area contributed by atoms with E-state index >= 15 is 0 Å². The van der Waals surface area contributed by atoms with Crippen LogP contribution < -0.4 is 5.32 Å². The maximum atomic E-state index is 14.9. The smallest absolute Gasteiger partial charge is 0.255 e. The average Bonchev–Trinajstić information content (AvgIpc) is 3.51. The highest BCUT2D eigenvalue weighted by Crippen LogP contribution is 2.43. The quantitative estimate of drug-likeness (QED) is 0.370. The van der Waals surface area contributed by atoms with Gasteiger partial charge in [0.15, 0.2) is 11.5 Å². The predicted molar refractivity (Wildman–Crippen MR) is 125 cm³/mol. The summed E-state index contributed by atoms with van der Waals surface area (Å²) in [5.41, 5.74) is 4.28.